The van der Waals surface area contributed by atoms with E-state index in [-0.39, 0.29) is 0 Å². The molecule has 4 heteroatoms. The fourth-order valence-electron chi connectivity index (χ4n) is 2.67. The molecule has 0 atom stereocenters. The lowest BCUT2D eigenvalue weighted by Gasteiger charge is -2.08. The molecule has 2 N–H and O–H groups in total. The van der Waals surface area contributed by atoms with Gasteiger partial charge in [-0.3, -0.25) is 0 Å². The molecule has 3 nitrogen and oxygen atoms in total. The first-order valence-electron chi connectivity index (χ1n) is 7.18. The minimum absolute atomic E-state index is 0.656. The van der Waals surface area contributed by atoms with Gasteiger partial charge in [0.25, 0.3) is 0 Å². The van der Waals surface area contributed by atoms with Crippen molar-refractivity contribution < 1.29 is 0 Å². The van der Waals surface area contributed by atoms with Crippen molar-refractivity contribution in [1.29, 1.82) is 0 Å². The zero-order valence-electron chi connectivity index (χ0n) is 12.0. The third-order valence-electron chi connectivity index (χ3n) is 3.64. The van der Waals surface area contributed by atoms with Gasteiger partial charge in [0.1, 0.15) is 5.82 Å². The number of rotatable bonds is 4. The summed E-state index contributed by atoms with van der Waals surface area (Å²) in [4.78, 5) is 4.77. The number of nitrogens with zero attached hydrogens (tertiary/aromatic N) is 2. The molecule has 108 valence electrons. The van der Waals surface area contributed by atoms with Crippen LogP contribution in [0, 0.1) is 0 Å². The third-order valence-corrected chi connectivity index (χ3v) is 3.88. The number of fused-ring (bicyclic) bond motifs is 1. The molecular formula is C17H18ClN3. The number of nitrogens with two attached hydrogens (primary N) is 1. The van der Waals surface area contributed by atoms with Gasteiger partial charge in [0, 0.05) is 17.1 Å². The van der Waals surface area contributed by atoms with E-state index in [1.165, 1.54) is 5.56 Å². The van der Waals surface area contributed by atoms with Crippen LogP contribution in [0.4, 0.5) is 0 Å². The Balaban J connectivity index is 2.17. The molecule has 0 saturated carbocycles. The SMILES string of the molecule is CCn1c(-c2cccc(CCN)c2)nc2ccc(Cl)cc21. The van der Waals surface area contributed by atoms with E-state index in [2.05, 4.69) is 35.8 Å². The first kappa shape index (κ1) is 14.1. The summed E-state index contributed by atoms with van der Waals surface area (Å²) in [6.07, 6.45) is 0.881. The van der Waals surface area contributed by atoms with Crippen LogP contribution in [0.1, 0.15) is 12.5 Å². The lowest BCUT2D eigenvalue weighted by Crippen LogP contribution is -2.03. The number of aryl methyl sites for hydroxylation is 1. The Morgan fingerprint density at radius 1 is 1.19 bits per heavy atom. The van der Waals surface area contributed by atoms with Crippen molar-refractivity contribution in [2.24, 2.45) is 5.73 Å². The molecule has 1 heterocycles. The predicted octanol–water partition coefficient (Wildman–Crippen LogP) is 3.88. The average molecular weight is 300 g/mol. The summed E-state index contributed by atoms with van der Waals surface area (Å²) in [6, 6.07) is 14.2. The molecule has 1 aromatic heterocycles. The highest BCUT2D eigenvalue weighted by atomic mass is 35.5. The highest BCUT2D eigenvalue weighted by Gasteiger charge is 2.12. The maximum Gasteiger partial charge on any atom is 0.141 e. The van der Waals surface area contributed by atoms with Gasteiger partial charge in [0.05, 0.1) is 11.0 Å². The van der Waals surface area contributed by atoms with E-state index < -0.39 is 0 Å². The quantitative estimate of drug-likeness (QED) is 0.794. The number of hydrogen-bond donors (Lipinski definition) is 1. The zero-order valence-corrected chi connectivity index (χ0v) is 12.8. The summed E-state index contributed by atoms with van der Waals surface area (Å²) in [5.41, 5.74) is 10.1. The standard InChI is InChI=1S/C17H18ClN3/c1-2-21-16-11-14(18)6-7-15(16)20-17(21)13-5-3-4-12(10-13)8-9-19/h3-7,10-11H,2,8-9,19H2,1H3. The molecule has 3 rings (SSSR count). The zero-order chi connectivity index (χ0) is 14.8. The van der Waals surface area contributed by atoms with E-state index in [1.54, 1.807) is 0 Å². The summed E-state index contributed by atoms with van der Waals surface area (Å²) in [6.45, 7) is 3.63. The van der Waals surface area contributed by atoms with Gasteiger partial charge in [-0.1, -0.05) is 29.8 Å². The van der Waals surface area contributed by atoms with Crippen molar-refractivity contribution in [3.63, 3.8) is 0 Å². The van der Waals surface area contributed by atoms with E-state index in [1.807, 2.05) is 18.2 Å². The fraction of sp³-hybridized carbons (Fsp3) is 0.235. The van der Waals surface area contributed by atoms with Crippen LogP contribution in [0.25, 0.3) is 22.4 Å². The Morgan fingerprint density at radius 3 is 2.81 bits per heavy atom. The molecule has 0 unspecified atom stereocenters. The number of hydrogen-bond acceptors (Lipinski definition) is 2. The van der Waals surface area contributed by atoms with Crippen LogP contribution >= 0.6 is 11.6 Å². The molecule has 0 bridgehead atoms. The lowest BCUT2D eigenvalue weighted by molar-refractivity contribution is 0.796. The third kappa shape index (κ3) is 2.67. The largest absolute Gasteiger partial charge is 0.330 e. The summed E-state index contributed by atoms with van der Waals surface area (Å²) in [7, 11) is 0. The Hall–Kier alpha value is -1.84. The van der Waals surface area contributed by atoms with Crippen LogP contribution in [-0.4, -0.2) is 16.1 Å². The summed E-state index contributed by atoms with van der Waals surface area (Å²) >= 11 is 6.11. The Bertz CT molecular complexity index is 777. The average Bonchev–Trinajstić information content (AvgIpc) is 2.85. The molecule has 0 amide bonds. The van der Waals surface area contributed by atoms with Crippen LogP contribution in [0.2, 0.25) is 5.02 Å². The van der Waals surface area contributed by atoms with Gasteiger partial charge >= 0.3 is 0 Å². The smallest absolute Gasteiger partial charge is 0.141 e. The summed E-state index contributed by atoms with van der Waals surface area (Å²) in [5, 5.41) is 0.737. The molecule has 0 saturated heterocycles. The topological polar surface area (TPSA) is 43.8 Å². The molecule has 0 aliphatic rings. The van der Waals surface area contributed by atoms with Gasteiger partial charge < -0.3 is 10.3 Å². The summed E-state index contributed by atoms with van der Waals surface area (Å²) < 4.78 is 2.20. The predicted molar refractivity (Wildman–Crippen MR) is 88.6 cm³/mol. The second kappa shape index (κ2) is 5.88. The van der Waals surface area contributed by atoms with Gasteiger partial charge in [-0.05, 0) is 49.7 Å². The molecule has 3 aromatic rings. The van der Waals surface area contributed by atoms with E-state index in [9.17, 15) is 0 Å². The van der Waals surface area contributed by atoms with E-state index in [4.69, 9.17) is 22.3 Å². The maximum absolute atomic E-state index is 6.11. The van der Waals surface area contributed by atoms with E-state index in [0.717, 1.165) is 40.4 Å². The first-order valence-corrected chi connectivity index (χ1v) is 7.56. The van der Waals surface area contributed by atoms with Crippen LogP contribution in [0.15, 0.2) is 42.5 Å². The number of imidazole rings is 1. The Kier molecular flexibility index (Phi) is 3.95. The monoisotopic (exact) mass is 299 g/mol. The Morgan fingerprint density at radius 2 is 2.05 bits per heavy atom. The van der Waals surface area contributed by atoms with Gasteiger partial charge in [-0.2, -0.15) is 0 Å². The van der Waals surface area contributed by atoms with E-state index in [0.29, 0.717) is 6.54 Å². The number of aromatic nitrogens is 2. The normalized spacial score (nSPS) is 11.2. The van der Waals surface area contributed by atoms with Crippen molar-refractivity contribution in [3.8, 4) is 11.4 Å². The summed E-state index contributed by atoms with van der Waals surface area (Å²) in [5.74, 6) is 0.980. The van der Waals surface area contributed by atoms with Crippen LogP contribution in [0.3, 0.4) is 0 Å². The van der Waals surface area contributed by atoms with E-state index >= 15 is 0 Å². The van der Waals surface area contributed by atoms with Crippen molar-refractivity contribution in [2.75, 3.05) is 6.54 Å². The van der Waals surface area contributed by atoms with Gasteiger partial charge in [-0.15, -0.1) is 0 Å². The van der Waals surface area contributed by atoms with Gasteiger partial charge in [-0.25, -0.2) is 4.98 Å². The van der Waals surface area contributed by atoms with Crippen LogP contribution < -0.4 is 5.73 Å². The molecule has 21 heavy (non-hydrogen) atoms. The molecule has 0 spiro atoms. The molecule has 0 aliphatic carbocycles. The molecular weight excluding hydrogens is 282 g/mol. The molecule has 0 aliphatic heterocycles. The molecule has 0 fully saturated rings. The molecule has 2 aromatic carbocycles. The van der Waals surface area contributed by atoms with Crippen molar-refractivity contribution in [2.45, 2.75) is 19.9 Å². The highest BCUT2D eigenvalue weighted by Crippen LogP contribution is 2.27. The first-order chi connectivity index (χ1) is 10.2. The van der Waals surface area contributed by atoms with Crippen molar-refractivity contribution >= 4 is 22.6 Å². The molecule has 0 radical (unpaired) electrons. The van der Waals surface area contributed by atoms with Gasteiger partial charge in [0.2, 0.25) is 0 Å². The second-order valence-electron chi connectivity index (χ2n) is 5.05. The Labute approximate surface area is 129 Å². The number of halogens is 1. The van der Waals surface area contributed by atoms with Crippen LogP contribution in [-0.2, 0) is 13.0 Å². The van der Waals surface area contributed by atoms with Crippen molar-refractivity contribution in [1.82, 2.24) is 9.55 Å². The minimum Gasteiger partial charge on any atom is -0.330 e. The van der Waals surface area contributed by atoms with Gasteiger partial charge in [0.15, 0.2) is 0 Å². The highest BCUT2D eigenvalue weighted by molar-refractivity contribution is 6.31. The number of benzene rings is 2. The van der Waals surface area contributed by atoms with Crippen LogP contribution in [0.5, 0.6) is 0 Å². The maximum atomic E-state index is 6.11. The fourth-order valence-corrected chi connectivity index (χ4v) is 2.84. The minimum atomic E-state index is 0.656. The lowest BCUT2D eigenvalue weighted by atomic mass is 10.1. The van der Waals surface area contributed by atoms with Crippen molar-refractivity contribution in [3.05, 3.63) is 53.1 Å². The second-order valence-corrected chi connectivity index (χ2v) is 5.49.